The van der Waals surface area contributed by atoms with Crippen LogP contribution in [0.15, 0.2) is 54.9 Å². The molecular formula is C23H20F2N6O2. The van der Waals surface area contributed by atoms with Gasteiger partial charge < -0.3 is 25.7 Å². The third-order valence-electron chi connectivity index (χ3n) is 5.55. The molecule has 2 amide bonds. The highest BCUT2D eigenvalue weighted by Crippen LogP contribution is 2.36. The van der Waals surface area contributed by atoms with E-state index >= 15 is 0 Å². The maximum Gasteiger partial charge on any atom is 0.387 e. The molecule has 33 heavy (non-hydrogen) atoms. The highest BCUT2D eigenvalue weighted by atomic mass is 19.3. The van der Waals surface area contributed by atoms with E-state index in [-0.39, 0.29) is 11.4 Å². The summed E-state index contributed by atoms with van der Waals surface area (Å²) in [5.74, 6) is 0.298. The van der Waals surface area contributed by atoms with E-state index in [1.165, 1.54) is 29.7 Å². The van der Waals surface area contributed by atoms with E-state index in [0.29, 0.717) is 11.5 Å². The first-order valence-electron chi connectivity index (χ1n) is 10.4. The van der Waals surface area contributed by atoms with Crippen LogP contribution < -0.4 is 21.1 Å². The molecule has 0 radical (unpaired) electrons. The minimum absolute atomic E-state index is 0.119. The number of amides is 2. The number of anilines is 3. The first-order chi connectivity index (χ1) is 16.0. The molecular weight excluding hydrogens is 430 g/mol. The van der Waals surface area contributed by atoms with E-state index in [4.69, 9.17) is 5.73 Å². The lowest BCUT2D eigenvalue weighted by molar-refractivity contribution is -0.0493. The molecule has 8 nitrogen and oxygen atoms in total. The van der Waals surface area contributed by atoms with Gasteiger partial charge in [0.2, 0.25) is 0 Å². The maximum atomic E-state index is 12.6. The summed E-state index contributed by atoms with van der Waals surface area (Å²) in [6, 6.07) is 12.6. The smallest absolute Gasteiger partial charge is 0.387 e. The van der Waals surface area contributed by atoms with Gasteiger partial charge >= 0.3 is 12.6 Å². The predicted octanol–water partition coefficient (Wildman–Crippen LogP) is 4.74. The second-order valence-electron chi connectivity index (χ2n) is 7.57. The predicted molar refractivity (Wildman–Crippen MR) is 121 cm³/mol. The van der Waals surface area contributed by atoms with Crippen LogP contribution in [0.25, 0.3) is 16.7 Å². The SMILES string of the molecule is Nc1ncnc2c3c(n(-c4ccc(NC(=O)Nc5ccccc5OC(F)F)cc4)c12)CCC3. The number of halogens is 2. The molecule has 1 aliphatic carbocycles. The summed E-state index contributed by atoms with van der Waals surface area (Å²) in [7, 11) is 0. The Morgan fingerprint density at radius 3 is 2.64 bits per heavy atom. The number of carbonyl (C=O) groups is 1. The van der Waals surface area contributed by atoms with Crippen molar-refractivity contribution in [3.63, 3.8) is 0 Å². The van der Waals surface area contributed by atoms with Crippen molar-refractivity contribution in [3.8, 4) is 11.4 Å². The van der Waals surface area contributed by atoms with E-state index in [0.717, 1.165) is 36.0 Å². The summed E-state index contributed by atoms with van der Waals surface area (Å²) < 4.78 is 31.7. The topological polar surface area (TPSA) is 107 Å². The van der Waals surface area contributed by atoms with Crippen molar-refractivity contribution in [2.24, 2.45) is 0 Å². The summed E-state index contributed by atoms with van der Waals surface area (Å²) >= 11 is 0. The number of hydrogen-bond donors (Lipinski definition) is 3. The lowest BCUT2D eigenvalue weighted by atomic mass is 10.2. The van der Waals surface area contributed by atoms with Crippen LogP contribution in [0.4, 0.5) is 30.8 Å². The molecule has 0 unspecified atom stereocenters. The summed E-state index contributed by atoms with van der Waals surface area (Å²) in [5, 5.41) is 5.22. The summed E-state index contributed by atoms with van der Waals surface area (Å²) in [5.41, 5.74) is 11.8. The molecule has 5 rings (SSSR count). The van der Waals surface area contributed by atoms with Gasteiger partial charge in [0.15, 0.2) is 5.82 Å². The minimum atomic E-state index is -2.99. The van der Waals surface area contributed by atoms with Crippen molar-refractivity contribution in [1.82, 2.24) is 14.5 Å². The number of benzene rings is 2. The Kier molecular flexibility index (Phi) is 5.25. The zero-order valence-electron chi connectivity index (χ0n) is 17.4. The number of fused-ring (bicyclic) bond motifs is 3. The average Bonchev–Trinajstić information content (AvgIpc) is 3.37. The van der Waals surface area contributed by atoms with Gasteiger partial charge in [0.1, 0.15) is 17.6 Å². The number of nitrogens with one attached hydrogen (secondary N) is 2. The van der Waals surface area contributed by atoms with Gasteiger partial charge in [0, 0.05) is 17.1 Å². The number of nitrogen functional groups attached to an aromatic ring is 1. The van der Waals surface area contributed by atoms with E-state index in [9.17, 15) is 13.6 Å². The van der Waals surface area contributed by atoms with Crippen molar-refractivity contribution >= 4 is 34.3 Å². The molecule has 0 aliphatic heterocycles. The minimum Gasteiger partial charge on any atom is -0.433 e. The molecule has 0 saturated carbocycles. The normalized spacial score (nSPS) is 12.7. The highest BCUT2D eigenvalue weighted by Gasteiger charge is 2.25. The zero-order valence-corrected chi connectivity index (χ0v) is 17.4. The molecule has 4 N–H and O–H groups in total. The Morgan fingerprint density at radius 2 is 1.85 bits per heavy atom. The molecule has 0 atom stereocenters. The Balaban J connectivity index is 1.37. The number of para-hydroxylation sites is 2. The van der Waals surface area contributed by atoms with Crippen molar-refractivity contribution in [1.29, 1.82) is 0 Å². The third kappa shape index (κ3) is 3.91. The molecule has 2 heterocycles. The van der Waals surface area contributed by atoms with Gasteiger partial charge in [-0.25, -0.2) is 14.8 Å². The molecule has 10 heteroatoms. The van der Waals surface area contributed by atoms with Crippen LogP contribution >= 0.6 is 0 Å². The maximum absolute atomic E-state index is 12.6. The Hall–Kier alpha value is -4.21. The molecule has 1 aliphatic rings. The number of aromatic nitrogens is 3. The fourth-order valence-corrected chi connectivity index (χ4v) is 4.23. The molecule has 0 fully saturated rings. The van der Waals surface area contributed by atoms with Gasteiger partial charge in [0.25, 0.3) is 0 Å². The van der Waals surface area contributed by atoms with Gasteiger partial charge in [-0.1, -0.05) is 12.1 Å². The quantitative estimate of drug-likeness (QED) is 0.407. The van der Waals surface area contributed by atoms with Crippen LogP contribution in [0.5, 0.6) is 5.75 Å². The van der Waals surface area contributed by atoms with Gasteiger partial charge in [-0.15, -0.1) is 0 Å². The van der Waals surface area contributed by atoms with Crippen molar-refractivity contribution < 1.29 is 18.3 Å². The second kappa shape index (κ2) is 8.38. The van der Waals surface area contributed by atoms with Crippen LogP contribution in [0, 0.1) is 0 Å². The number of alkyl halides is 2. The summed E-state index contributed by atoms with van der Waals surface area (Å²) in [6.07, 6.45) is 4.41. The van der Waals surface area contributed by atoms with E-state index in [2.05, 4.69) is 29.9 Å². The number of rotatable bonds is 5. The molecule has 2 aromatic carbocycles. The number of nitrogens with two attached hydrogens (primary N) is 1. The molecule has 4 aromatic rings. The Bertz CT molecular complexity index is 1340. The van der Waals surface area contributed by atoms with Crippen molar-refractivity contribution in [3.05, 3.63) is 66.1 Å². The average molecular weight is 450 g/mol. The molecule has 2 aromatic heterocycles. The van der Waals surface area contributed by atoms with Crippen LogP contribution in [0.2, 0.25) is 0 Å². The molecule has 0 bridgehead atoms. The first kappa shape index (κ1) is 20.7. The Morgan fingerprint density at radius 1 is 1.06 bits per heavy atom. The standard InChI is InChI=1S/C23H20F2N6O2/c24-22(25)33-18-7-2-1-5-16(18)30-23(32)29-13-8-10-14(11-9-13)31-17-6-3-4-15(17)19-20(31)21(26)28-12-27-19/h1-2,5,7-12,22H,3-4,6H2,(H2,26,27,28)(H2,29,30,32). The fourth-order valence-electron chi connectivity index (χ4n) is 4.23. The number of carbonyl (C=O) groups excluding carboxylic acids is 1. The lowest BCUT2D eigenvalue weighted by Crippen LogP contribution is -2.20. The van der Waals surface area contributed by atoms with Gasteiger partial charge in [-0.05, 0) is 61.2 Å². The van der Waals surface area contributed by atoms with Crippen LogP contribution in [0.3, 0.4) is 0 Å². The number of hydrogen-bond acceptors (Lipinski definition) is 5. The first-order valence-corrected chi connectivity index (χ1v) is 10.4. The third-order valence-corrected chi connectivity index (χ3v) is 5.55. The van der Waals surface area contributed by atoms with E-state index < -0.39 is 12.6 Å². The number of nitrogens with zero attached hydrogens (tertiary/aromatic N) is 3. The zero-order chi connectivity index (χ0) is 22.9. The van der Waals surface area contributed by atoms with Crippen LogP contribution in [-0.4, -0.2) is 27.2 Å². The second-order valence-corrected chi connectivity index (χ2v) is 7.57. The van der Waals surface area contributed by atoms with E-state index in [1.54, 1.807) is 24.3 Å². The lowest BCUT2D eigenvalue weighted by Gasteiger charge is -2.13. The molecule has 168 valence electrons. The van der Waals surface area contributed by atoms with Gasteiger partial charge in [0.05, 0.1) is 11.2 Å². The van der Waals surface area contributed by atoms with Crippen LogP contribution in [-0.2, 0) is 12.8 Å². The van der Waals surface area contributed by atoms with Crippen molar-refractivity contribution in [2.45, 2.75) is 25.9 Å². The van der Waals surface area contributed by atoms with Crippen LogP contribution in [0.1, 0.15) is 17.7 Å². The number of ether oxygens (including phenoxy) is 1. The Labute approximate surface area is 187 Å². The number of urea groups is 1. The monoisotopic (exact) mass is 450 g/mol. The van der Waals surface area contributed by atoms with Gasteiger partial charge in [-0.3, -0.25) is 0 Å². The van der Waals surface area contributed by atoms with E-state index in [1.807, 2.05) is 12.1 Å². The molecule has 0 spiro atoms. The highest BCUT2D eigenvalue weighted by molar-refractivity contribution is 6.00. The summed E-state index contributed by atoms with van der Waals surface area (Å²) in [4.78, 5) is 21.0. The van der Waals surface area contributed by atoms with Crippen molar-refractivity contribution in [2.75, 3.05) is 16.4 Å². The number of aryl methyl sites for hydroxylation is 1. The molecule has 0 saturated heterocycles. The van der Waals surface area contributed by atoms with Gasteiger partial charge in [-0.2, -0.15) is 8.78 Å². The largest absolute Gasteiger partial charge is 0.433 e. The fraction of sp³-hybridized carbons (Fsp3) is 0.174. The summed E-state index contributed by atoms with van der Waals surface area (Å²) in [6.45, 7) is -2.99.